The van der Waals surface area contributed by atoms with Gasteiger partial charge in [0.25, 0.3) is 0 Å². The van der Waals surface area contributed by atoms with Gasteiger partial charge in [-0.1, -0.05) is 0 Å². The average molecular weight is 286 g/mol. The molecule has 0 aliphatic heterocycles. The minimum atomic E-state index is -0.581. The van der Waals surface area contributed by atoms with Gasteiger partial charge in [-0.2, -0.15) is 10.3 Å². The number of rotatable bonds is 3. The zero-order valence-corrected chi connectivity index (χ0v) is 11.1. The summed E-state index contributed by atoms with van der Waals surface area (Å²) in [5.41, 5.74) is 0.754. The van der Waals surface area contributed by atoms with Crippen molar-refractivity contribution >= 4 is 16.7 Å². The number of carbonyl (C=O) groups excluding carboxylic acids is 1. The molecule has 0 spiro atoms. The van der Waals surface area contributed by atoms with Crippen molar-refractivity contribution in [1.82, 2.24) is 20.4 Å². The molecule has 0 aliphatic rings. The number of pyridine rings is 1. The second kappa shape index (κ2) is 5.28. The highest BCUT2D eigenvalue weighted by molar-refractivity contribution is 5.94. The smallest absolute Gasteiger partial charge is 0.361 e. The van der Waals surface area contributed by atoms with Crippen LogP contribution in [0.1, 0.15) is 17.4 Å². The molecule has 6 nitrogen and oxygen atoms in total. The summed E-state index contributed by atoms with van der Waals surface area (Å²) in [6.07, 6.45) is 1.59. The van der Waals surface area contributed by atoms with Crippen LogP contribution in [0.25, 0.3) is 22.2 Å². The number of aromatic nitrogens is 4. The van der Waals surface area contributed by atoms with Gasteiger partial charge in [0.15, 0.2) is 5.69 Å². The first-order chi connectivity index (χ1) is 10.2. The standard InChI is InChI=1S/C14H11FN4O2/c1-2-21-14(20)13-12(17-19-18-13)11-6-9-5-10(15)4-3-8(9)7-16-11/h3-7H,2H2,1H3,(H,17,18,19). The van der Waals surface area contributed by atoms with Crippen LogP contribution in [0.2, 0.25) is 0 Å². The lowest BCUT2D eigenvalue weighted by molar-refractivity contribution is 0.0520. The monoisotopic (exact) mass is 286 g/mol. The Bertz CT molecular complexity index is 816. The fourth-order valence-electron chi connectivity index (χ4n) is 1.99. The van der Waals surface area contributed by atoms with Crippen LogP contribution in [0.5, 0.6) is 0 Å². The van der Waals surface area contributed by atoms with Gasteiger partial charge in [0.1, 0.15) is 11.5 Å². The quantitative estimate of drug-likeness (QED) is 0.747. The molecule has 1 aromatic carbocycles. The predicted molar refractivity (Wildman–Crippen MR) is 73.0 cm³/mol. The predicted octanol–water partition coefficient (Wildman–Crippen LogP) is 2.34. The van der Waals surface area contributed by atoms with E-state index in [9.17, 15) is 9.18 Å². The summed E-state index contributed by atoms with van der Waals surface area (Å²) in [6.45, 7) is 1.94. The van der Waals surface area contributed by atoms with Crippen LogP contribution in [0.15, 0.2) is 30.5 Å². The number of nitrogens with one attached hydrogen (secondary N) is 1. The summed E-state index contributed by atoms with van der Waals surface area (Å²) in [5, 5.41) is 11.5. The molecule has 0 fully saturated rings. The highest BCUT2D eigenvalue weighted by atomic mass is 19.1. The van der Waals surface area contributed by atoms with Gasteiger partial charge in [0.2, 0.25) is 0 Å². The van der Waals surface area contributed by atoms with E-state index in [2.05, 4.69) is 20.4 Å². The molecule has 2 aromatic heterocycles. The zero-order chi connectivity index (χ0) is 14.8. The number of hydrogen-bond donors (Lipinski definition) is 1. The van der Waals surface area contributed by atoms with Gasteiger partial charge < -0.3 is 4.74 Å². The van der Waals surface area contributed by atoms with Gasteiger partial charge in [-0.05, 0) is 36.6 Å². The lowest BCUT2D eigenvalue weighted by atomic mass is 10.1. The number of esters is 1. The van der Waals surface area contributed by atoms with Gasteiger partial charge in [-0.15, -0.1) is 5.10 Å². The Morgan fingerprint density at radius 1 is 1.29 bits per heavy atom. The highest BCUT2D eigenvalue weighted by Crippen LogP contribution is 2.23. The number of benzene rings is 1. The van der Waals surface area contributed by atoms with Gasteiger partial charge >= 0.3 is 5.97 Å². The average Bonchev–Trinajstić information content (AvgIpc) is 2.96. The van der Waals surface area contributed by atoms with E-state index in [0.717, 1.165) is 5.39 Å². The van der Waals surface area contributed by atoms with Crippen molar-refractivity contribution in [2.45, 2.75) is 6.92 Å². The first-order valence-electron chi connectivity index (χ1n) is 6.32. The van der Waals surface area contributed by atoms with E-state index in [1.807, 2.05) is 0 Å². The first kappa shape index (κ1) is 13.2. The third-order valence-corrected chi connectivity index (χ3v) is 2.94. The zero-order valence-electron chi connectivity index (χ0n) is 11.1. The molecule has 3 rings (SSSR count). The SMILES string of the molecule is CCOC(=O)c1n[nH]nc1-c1cc2cc(F)ccc2cn1. The maximum absolute atomic E-state index is 13.3. The number of fused-ring (bicyclic) bond motifs is 1. The van der Waals surface area contributed by atoms with Crippen molar-refractivity contribution in [3.63, 3.8) is 0 Å². The Morgan fingerprint density at radius 3 is 2.95 bits per heavy atom. The van der Waals surface area contributed by atoms with Crippen molar-refractivity contribution in [1.29, 1.82) is 0 Å². The number of aromatic amines is 1. The van der Waals surface area contributed by atoms with Crippen molar-refractivity contribution in [2.24, 2.45) is 0 Å². The molecular formula is C14H11FN4O2. The number of hydrogen-bond acceptors (Lipinski definition) is 5. The molecular weight excluding hydrogens is 275 g/mol. The summed E-state index contributed by atoms with van der Waals surface area (Å²) in [4.78, 5) is 16.0. The van der Waals surface area contributed by atoms with E-state index >= 15 is 0 Å². The molecule has 0 saturated carbocycles. The van der Waals surface area contributed by atoms with Crippen molar-refractivity contribution < 1.29 is 13.9 Å². The lowest BCUT2D eigenvalue weighted by Gasteiger charge is -2.03. The Kier molecular flexibility index (Phi) is 3.31. The summed E-state index contributed by atoms with van der Waals surface area (Å²) in [7, 11) is 0. The van der Waals surface area contributed by atoms with E-state index < -0.39 is 5.97 Å². The molecule has 1 N–H and O–H groups in total. The molecule has 0 aliphatic carbocycles. The fraction of sp³-hybridized carbons (Fsp3) is 0.143. The molecule has 7 heteroatoms. The van der Waals surface area contributed by atoms with E-state index in [1.54, 1.807) is 25.3 Å². The Hall–Kier alpha value is -2.83. The Morgan fingerprint density at radius 2 is 2.14 bits per heavy atom. The largest absolute Gasteiger partial charge is 0.461 e. The van der Waals surface area contributed by atoms with Crippen molar-refractivity contribution in [3.05, 3.63) is 42.0 Å². The van der Waals surface area contributed by atoms with Crippen LogP contribution in [0.4, 0.5) is 4.39 Å². The number of nitrogens with zero attached hydrogens (tertiary/aromatic N) is 3. The highest BCUT2D eigenvalue weighted by Gasteiger charge is 2.20. The summed E-state index contributed by atoms with van der Waals surface area (Å²) in [5.74, 6) is -0.923. The molecule has 2 heterocycles. The number of carbonyl (C=O) groups is 1. The topological polar surface area (TPSA) is 80.8 Å². The van der Waals surface area contributed by atoms with Crippen molar-refractivity contribution in [3.8, 4) is 11.4 Å². The summed E-state index contributed by atoms with van der Waals surface area (Å²) in [6, 6.07) is 6.05. The molecule has 0 bridgehead atoms. The van der Waals surface area contributed by atoms with E-state index in [-0.39, 0.29) is 23.8 Å². The second-order valence-corrected chi connectivity index (χ2v) is 4.30. The van der Waals surface area contributed by atoms with E-state index in [4.69, 9.17) is 4.74 Å². The Labute approximate surface area is 119 Å². The molecule has 0 unspecified atom stereocenters. The third kappa shape index (κ3) is 2.45. The van der Waals surface area contributed by atoms with E-state index in [1.165, 1.54) is 12.1 Å². The maximum Gasteiger partial charge on any atom is 0.361 e. The maximum atomic E-state index is 13.3. The fourth-order valence-corrected chi connectivity index (χ4v) is 1.99. The van der Waals surface area contributed by atoms with Crippen LogP contribution in [0, 0.1) is 5.82 Å². The van der Waals surface area contributed by atoms with E-state index in [0.29, 0.717) is 11.1 Å². The molecule has 0 saturated heterocycles. The van der Waals surface area contributed by atoms with Crippen LogP contribution in [-0.4, -0.2) is 33.0 Å². The Balaban J connectivity index is 2.08. The van der Waals surface area contributed by atoms with Gasteiger partial charge in [0.05, 0.1) is 12.3 Å². The molecule has 0 amide bonds. The van der Waals surface area contributed by atoms with Gasteiger partial charge in [-0.3, -0.25) is 4.98 Å². The normalized spacial score (nSPS) is 10.8. The molecule has 0 radical (unpaired) electrons. The van der Waals surface area contributed by atoms with Gasteiger partial charge in [0, 0.05) is 11.6 Å². The molecule has 106 valence electrons. The van der Waals surface area contributed by atoms with Crippen LogP contribution >= 0.6 is 0 Å². The third-order valence-electron chi connectivity index (χ3n) is 2.94. The molecule has 3 aromatic rings. The molecule has 0 atom stereocenters. The van der Waals surface area contributed by atoms with Crippen LogP contribution in [0.3, 0.4) is 0 Å². The molecule has 21 heavy (non-hydrogen) atoms. The first-order valence-corrected chi connectivity index (χ1v) is 6.32. The number of ether oxygens (including phenoxy) is 1. The summed E-state index contributed by atoms with van der Waals surface area (Å²) >= 11 is 0. The van der Waals surface area contributed by atoms with Crippen molar-refractivity contribution in [2.75, 3.05) is 6.61 Å². The minimum Gasteiger partial charge on any atom is -0.461 e. The number of halogens is 1. The van der Waals surface area contributed by atoms with Crippen LogP contribution in [-0.2, 0) is 4.74 Å². The number of H-pyrrole nitrogens is 1. The van der Waals surface area contributed by atoms with Gasteiger partial charge in [-0.25, -0.2) is 9.18 Å². The summed E-state index contributed by atoms with van der Waals surface area (Å²) < 4.78 is 18.2. The minimum absolute atomic E-state index is 0.0557. The van der Waals surface area contributed by atoms with Crippen LogP contribution < -0.4 is 0 Å². The lowest BCUT2D eigenvalue weighted by Crippen LogP contribution is -2.07. The second-order valence-electron chi connectivity index (χ2n) is 4.30.